The lowest BCUT2D eigenvalue weighted by molar-refractivity contribution is -0.0989. The minimum atomic E-state index is -0.204. The highest BCUT2D eigenvalue weighted by atomic mass is 16.7. The lowest BCUT2D eigenvalue weighted by Gasteiger charge is -2.15. The van der Waals surface area contributed by atoms with Crippen LogP contribution in [-0.4, -0.2) is 34.2 Å². The molecule has 0 saturated heterocycles. The van der Waals surface area contributed by atoms with Gasteiger partial charge < -0.3 is 19.5 Å². The van der Waals surface area contributed by atoms with Crippen molar-refractivity contribution < 1.29 is 14.2 Å². The van der Waals surface area contributed by atoms with Gasteiger partial charge >= 0.3 is 0 Å². The summed E-state index contributed by atoms with van der Waals surface area (Å²) in [5, 5.41) is 3.30. The van der Waals surface area contributed by atoms with E-state index in [2.05, 4.69) is 17.4 Å². The van der Waals surface area contributed by atoms with Gasteiger partial charge in [-0.25, -0.2) is 0 Å². The van der Waals surface area contributed by atoms with Crippen LogP contribution in [-0.2, 0) is 27.4 Å². The maximum absolute atomic E-state index is 5.16. The first kappa shape index (κ1) is 14.1. The van der Waals surface area contributed by atoms with Gasteiger partial charge in [0, 0.05) is 34.4 Å². The summed E-state index contributed by atoms with van der Waals surface area (Å²) in [6, 6.07) is 8.21. The van der Waals surface area contributed by atoms with Gasteiger partial charge in [0.1, 0.15) is 0 Å². The third-order valence-electron chi connectivity index (χ3n) is 2.57. The van der Waals surface area contributed by atoms with Crippen molar-refractivity contribution in [2.75, 3.05) is 27.9 Å². The van der Waals surface area contributed by atoms with Gasteiger partial charge in [0.15, 0.2) is 6.29 Å². The second kappa shape index (κ2) is 8.20. The molecule has 0 aliphatic rings. The molecule has 0 bridgehead atoms. The van der Waals surface area contributed by atoms with Crippen LogP contribution in [0.4, 0.5) is 0 Å². The SMILES string of the molecule is COCc1ccccc1CNCC(OC)OC. The van der Waals surface area contributed by atoms with E-state index in [-0.39, 0.29) is 6.29 Å². The Morgan fingerprint density at radius 3 is 2.29 bits per heavy atom. The van der Waals surface area contributed by atoms with Crippen molar-refractivity contribution in [2.45, 2.75) is 19.4 Å². The van der Waals surface area contributed by atoms with Crippen LogP contribution >= 0.6 is 0 Å². The predicted octanol–water partition coefficient (Wildman–Crippen LogP) is 1.54. The van der Waals surface area contributed by atoms with Crippen molar-refractivity contribution in [3.8, 4) is 0 Å². The van der Waals surface area contributed by atoms with E-state index in [9.17, 15) is 0 Å². The maximum Gasteiger partial charge on any atom is 0.169 e. The van der Waals surface area contributed by atoms with Crippen LogP contribution in [0.1, 0.15) is 11.1 Å². The summed E-state index contributed by atoms with van der Waals surface area (Å²) >= 11 is 0. The molecular weight excluding hydrogens is 218 g/mol. The third-order valence-corrected chi connectivity index (χ3v) is 2.57. The summed E-state index contributed by atoms with van der Waals surface area (Å²) in [6.45, 7) is 2.08. The number of hydrogen-bond donors (Lipinski definition) is 1. The highest BCUT2D eigenvalue weighted by molar-refractivity contribution is 5.26. The topological polar surface area (TPSA) is 39.7 Å². The molecule has 0 aromatic heterocycles. The molecule has 0 heterocycles. The summed E-state index contributed by atoms with van der Waals surface area (Å²) in [4.78, 5) is 0. The van der Waals surface area contributed by atoms with Crippen molar-refractivity contribution in [3.05, 3.63) is 35.4 Å². The standard InChI is InChI=1S/C13H21NO3/c1-15-10-12-7-5-4-6-11(12)8-14-9-13(16-2)17-3/h4-7,13-14H,8-10H2,1-3H3. The molecule has 0 aliphatic carbocycles. The largest absolute Gasteiger partial charge is 0.380 e. The van der Waals surface area contributed by atoms with Gasteiger partial charge in [0.05, 0.1) is 6.61 Å². The van der Waals surface area contributed by atoms with Crippen LogP contribution < -0.4 is 5.32 Å². The number of ether oxygens (including phenoxy) is 3. The molecule has 1 aromatic carbocycles. The number of benzene rings is 1. The Hall–Kier alpha value is -0.940. The molecule has 1 aromatic rings. The van der Waals surface area contributed by atoms with E-state index in [1.165, 1.54) is 11.1 Å². The van der Waals surface area contributed by atoms with Gasteiger partial charge in [-0.15, -0.1) is 0 Å². The fourth-order valence-corrected chi connectivity index (χ4v) is 1.61. The van der Waals surface area contributed by atoms with Crippen molar-refractivity contribution in [3.63, 3.8) is 0 Å². The Kier molecular flexibility index (Phi) is 6.81. The highest BCUT2D eigenvalue weighted by Gasteiger charge is 2.05. The van der Waals surface area contributed by atoms with E-state index in [1.807, 2.05) is 12.1 Å². The minimum Gasteiger partial charge on any atom is -0.380 e. The second-order valence-electron chi connectivity index (χ2n) is 3.73. The molecule has 0 amide bonds. The average Bonchev–Trinajstić information content (AvgIpc) is 2.37. The van der Waals surface area contributed by atoms with Gasteiger partial charge in [-0.3, -0.25) is 0 Å². The zero-order chi connectivity index (χ0) is 12.5. The molecule has 0 radical (unpaired) electrons. The number of rotatable bonds is 8. The van der Waals surface area contributed by atoms with Crippen LogP contribution in [0.15, 0.2) is 24.3 Å². The lowest BCUT2D eigenvalue weighted by atomic mass is 10.1. The molecule has 0 fully saturated rings. The molecule has 17 heavy (non-hydrogen) atoms. The first-order chi connectivity index (χ1) is 8.31. The Morgan fingerprint density at radius 2 is 1.71 bits per heavy atom. The van der Waals surface area contributed by atoms with Gasteiger partial charge in [-0.05, 0) is 11.1 Å². The number of nitrogens with one attached hydrogen (secondary N) is 1. The van der Waals surface area contributed by atoms with Gasteiger partial charge in [0.2, 0.25) is 0 Å². The number of methoxy groups -OCH3 is 3. The van der Waals surface area contributed by atoms with Crippen LogP contribution in [0.2, 0.25) is 0 Å². The van der Waals surface area contributed by atoms with Crippen LogP contribution in [0.3, 0.4) is 0 Å². The highest BCUT2D eigenvalue weighted by Crippen LogP contribution is 2.09. The number of hydrogen-bond acceptors (Lipinski definition) is 4. The molecule has 0 atom stereocenters. The zero-order valence-electron chi connectivity index (χ0n) is 10.7. The average molecular weight is 239 g/mol. The molecule has 96 valence electrons. The molecule has 4 heteroatoms. The third kappa shape index (κ3) is 4.83. The van der Waals surface area contributed by atoms with Crippen molar-refractivity contribution in [1.82, 2.24) is 5.32 Å². The smallest absolute Gasteiger partial charge is 0.169 e. The van der Waals surface area contributed by atoms with E-state index in [4.69, 9.17) is 14.2 Å². The molecule has 0 unspecified atom stereocenters. The lowest BCUT2D eigenvalue weighted by Crippen LogP contribution is -2.29. The fraction of sp³-hybridized carbons (Fsp3) is 0.538. The molecule has 0 spiro atoms. The Morgan fingerprint density at radius 1 is 1.06 bits per heavy atom. The zero-order valence-corrected chi connectivity index (χ0v) is 10.7. The van der Waals surface area contributed by atoms with Gasteiger partial charge in [-0.2, -0.15) is 0 Å². The first-order valence-corrected chi connectivity index (χ1v) is 5.63. The summed E-state index contributed by atoms with van der Waals surface area (Å²) in [5.41, 5.74) is 2.44. The van der Waals surface area contributed by atoms with Gasteiger partial charge in [0.25, 0.3) is 0 Å². The summed E-state index contributed by atoms with van der Waals surface area (Å²) in [5.74, 6) is 0. The van der Waals surface area contributed by atoms with Crippen LogP contribution in [0.25, 0.3) is 0 Å². The molecular formula is C13H21NO3. The van der Waals surface area contributed by atoms with Gasteiger partial charge in [-0.1, -0.05) is 24.3 Å². The second-order valence-corrected chi connectivity index (χ2v) is 3.73. The van der Waals surface area contributed by atoms with E-state index < -0.39 is 0 Å². The normalized spacial score (nSPS) is 11.1. The molecule has 4 nitrogen and oxygen atoms in total. The van der Waals surface area contributed by atoms with Crippen LogP contribution in [0, 0.1) is 0 Å². The first-order valence-electron chi connectivity index (χ1n) is 5.63. The Labute approximate surface area is 103 Å². The molecule has 0 saturated carbocycles. The van der Waals surface area contributed by atoms with Crippen molar-refractivity contribution >= 4 is 0 Å². The maximum atomic E-state index is 5.16. The van der Waals surface area contributed by atoms with Crippen molar-refractivity contribution in [2.24, 2.45) is 0 Å². The fourth-order valence-electron chi connectivity index (χ4n) is 1.61. The van der Waals surface area contributed by atoms with Crippen LogP contribution in [0.5, 0.6) is 0 Å². The van der Waals surface area contributed by atoms with E-state index in [0.29, 0.717) is 13.2 Å². The summed E-state index contributed by atoms with van der Waals surface area (Å²) < 4.78 is 15.4. The van der Waals surface area contributed by atoms with E-state index >= 15 is 0 Å². The Balaban J connectivity index is 2.45. The predicted molar refractivity (Wildman–Crippen MR) is 66.7 cm³/mol. The summed E-state index contributed by atoms with van der Waals surface area (Å²) in [7, 11) is 4.97. The Bertz CT molecular complexity index is 313. The quantitative estimate of drug-likeness (QED) is 0.699. The minimum absolute atomic E-state index is 0.204. The summed E-state index contributed by atoms with van der Waals surface area (Å²) in [6.07, 6.45) is -0.204. The van der Waals surface area contributed by atoms with Crippen molar-refractivity contribution in [1.29, 1.82) is 0 Å². The van der Waals surface area contributed by atoms with E-state index in [0.717, 1.165) is 6.54 Å². The monoisotopic (exact) mass is 239 g/mol. The molecule has 1 N–H and O–H groups in total. The van der Waals surface area contributed by atoms with E-state index in [1.54, 1.807) is 21.3 Å². The molecule has 1 rings (SSSR count). The molecule has 0 aliphatic heterocycles.